The molecule has 1 aliphatic rings. The van der Waals surface area contributed by atoms with Crippen LogP contribution in [0, 0.1) is 11.6 Å². The first-order valence-electron chi connectivity index (χ1n) is 5.14. The number of benzene rings is 1. The van der Waals surface area contributed by atoms with Gasteiger partial charge >= 0.3 is 0 Å². The van der Waals surface area contributed by atoms with Crippen LogP contribution in [0.2, 0.25) is 0 Å². The van der Waals surface area contributed by atoms with Crippen molar-refractivity contribution in [3.63, 3.8) is 0 Å². The molecular weight excluding hydrogens is 198 g/mol. The zero-order valence-electron chi connectivity index (χ0n) is 8.34. The highest BCUT2D eigenvalue weighted by Gasteiger charge is 2.24. The van der Waals surface area contributed by atoms with Crippen LogP contribution in [-0.4, -0.2) is 12.1 Å². The molecule has 0 aliphatic heterocycles. The minimum atomic E-state index is -0.439. The molecule has 2 rings (SSSR count). The Balaban J connectivity index is 2.12. The van der Waals surface area contributed by atoms with E-state index in [-0.39, 0.29) is 17.8 Å². The van der Waals surface area contributed by atoms with E-state index in [1.807, 2.05) is 0 Å². The predicted octanol–water partition coefficient (Wildman–Crippen LogP) is 2.26. The van der Waals surface area contributed by atoms with Gasteiger partial charge < -0.3 is 11.1 Å². The Morgan fingerprint density at radius 2 is 2.07 bits per heavy atom. The van der Waals surface area contributed by atoms with Gasteiger partial charge in [-0.15, -0.1) is 0 Å². The van der Waals surface area contributed by atoms with Crippen molar-refractivity contribution in [2.24, 2.45) is 5.73 Å². The van der Waals surface area contributed by atoms with Crippen molar-refractivity contribution in [3.05, 3.63) is 29.8 Å². The van der Waals surface area contributed by atoms with Crippen molar-refractivity contribution in [3.8, 4) is 0 Å². The second-order valence-electron chi connectivity index (χ2n) is 3.97. The lowest BCUT2D eigenvalue weighted by molar-refractivity contribution is 0.590. The Labute approximate surface area is 87.5 Å². The third kappa shape index (κ3) is 2.26. The van der Waals surface area contributed by atoms with Crippen LogP contribution in [-0.2, 0) is 0 Å². The van der Waals surface area contributed by atoms with Gasteiger partial charge in [0, 0.05) is 12.1 Å². The largest absolute Gasteiger partial charge is 0.378 e. The Kier molecular flexibility index (Phi) is 2.86. The molecule has 1 aliphatic carbocycles. The van der Waals surface area contributed by atoms with Crippen LogP contribution in [0.3, 0.4) is 0 Å². The average molecular weight is 212 g/mol. The molecule has 1 fully saturated rings. The van der Waals surface area contributed by atoms with Gasteiger partial charge in [-0.25, -0.2) is 8.78 Å². The van der Waals surface area contributed by atoms with Crippen molar-refractivity contribution in [1.82, 2.24) is 0 Å². The second kappa shape index (κ2) is 4.14. The first-order chi connectivity index (χ1) is 7.16. The zero-order chi connectivity index (χ0) is 10.8. The van der Waals surface area contributed by atoms with E-state index in [9.17, 15) is 8.78 Å². The number of halogens is 2. The van der Waals surface area contributed by atoms with Crippen LogP contribution < -0.4 is 11.1 Å². The number of nitrogens with two attached hydrogens (primary N) is 1. The van der Waals surface area contributed by atoms with Gasteiger partial charge in [0.1, 0.15) is 11.6 Å². The van der Waals surface area contributed by atoms with Crippen molar-refractivity contribution in [2.45, 2.75) is 31.3 Å². The van der Waals surface area contributed by atoms with Crippen molar-refractivity contribution in [1.29, 1.82) is 0 Å². The van der Waals surface area contributed by atoms with E-state index >= 15 is 0 Å². The molecule has 0 heterocycles. The minimum Gasteiger partial charge on any atom is -0.378 e. The number of rotatable bonds is 2. The van der Waals surface area contributed by atoms with Gasteiger partial charge in [0.05, 0.1) is 5.69 Å². The minimum absolute atomic E-state index is 0.0349. The molecule has 0 bridgehead atoms. The third-order valence-corrected chi connectivity index (χ3v) is 2.84. The maximum absolute atomic E-state index is 13.3. The smallest absolute Gasteiger partial charge is 0.146 e. The van der Waals surface area contributed by atoms with E-state index in [1.54, 1.807) is 0 Å². The fraction of sp³-hybridized carbons (Fsp3) is 0.455. The number of anilines is 1. The highest BCUT2D eigenvalue weighted by Crippen LogP contribution is 2.23. The Hall–Kier alpha value is -1.16. The Morgan fingerprint density at radius 1 is 1.27 bits per heavy atom. The van der Waals surface area contributed by atoms with Gasteiger partial charge in [0.2, 0.25) is 0 Å². The Bertz CT molecular complexity index is 354. The topological polar surface area (TPSA) is 38.0 Å². The summed E-state index contributed by atoms with van der Waals surface area (Å²) in [6.07, 6.45) is 2.89. The molecule has 1 aromatic carbocycles. The SMILES string of the molecule is NC1CCCC1Nc1cc(F)ccc1F. The van der Waals surface area contributed by atoms with Crippen LogP contribution >= 0.6 is 0 Å². The summed E-state index contributed by atoms with van der Waals surface area (Å²) < 4.78 is 26.2. The molecule has 15 heavy (non-hydrogen) atoms. The number of hydrogen-bond donors (Lipinski definition) is 2. The fourth-order valence-corrected chi connectivity index (χ4v) is 1.98. The maximum Gasteiger partial charge on any atom is 0.146 e. The molecule has 0 amide bonds. The first kappa shape index (κ1) is 10.4. The normalized spacial score (nSPS) is 25.5. The van der Waals surface area contributed by atoms with Gasteiger partial charge in [-0.3, -0.25) is 0 Å². The number of nitrogens with one attached hydrogen (secondary N) is 1. The van der Waals surface area contributed by atoms with Gasteiger partial charge in [-0.1, -0.05) is 0 Å². The molecule has 1 aromatic rings. The number of hydrogen-bond acceptors (Lipinski definition) is 2. The molecule has 3 N–H and O–H groups in total. The molecule has 0 spiro atoms. The summed E-state index contributed by atoms with van der Waals surface area (Å²) in [5, 5.41) is 2.96. The lowest BCUT2D eigenvalue weighted by Crippen LogP contribution is -2.35. The maximum atomic E-state index is 13.3. The standard InChI is InChI=1S/C11H14F2N2/c12-7-4-5-8(13)11(6-7)15-10-3-1-2-9(10)14/h4-6,9-10,15H,1-3,14H2. The summed E-state index contributed by atoms with van der Waals surface area (Å²) in [6.45, 7) is 0. The molecule has 1 saturated carbocycles. The van der Waals surface area contributed by atoms with Gasteiger partial charge in [0.15, 0.2) is 0 Å². The van der Waals surface area contributed by atoms with Gasteiger partial charge in [-0.2, -0.15) is 0 Å². The summed E-state index contributed by atoms with van der Waals surface area (Å²) in [5.74, 6) is -0.874. The van der Waals surface area contributed by atoms with Crippen LogP contribution in [0.1, 0.15) is 19.3 Å². The van der Waals surface area contributed by atoms with Gasteiger partial charge in [0.25, 0.3) is 0 Å². The summed E-state index contributed by atoms with van der Waals surface area (Å²) in [4.78, 5) is 0. The average Bonchev–Trinajstić information content (AvgIpc) is 2.58. The van der Waals surface area contributed by atoms with Crippen LogP contribution in [0.15, 0.2) is 18.2 Å². The molecular formula is C11H14F2N2. The van der Waals surface area contributed by atoms with Crippen LogP contribution in [0.4, 0.5) is 14.5 Å². The highest BCUT2D eigenvalue weighted by atomic mass is 19.1. The third-order valence-electron chi connectivity index (χ3n) is 2.84. The molecule has 2 nitrogen and oxygen atoms in total. The van der Waals surface area contributed by atoms with Gasteiger partial charge in [-0.05, 0) is 37.5 Å². The van der Waals surface area contributed by atoms with Crippen LogP contribution in [0.5, 0.6) is 0 Å². The molecule has 2 atom stereocenters. The van der Waals surface area contributed by atoms with E-state index in [0.29, 0.717) is 0 Å². The monoisotopic (exact) mass is 212 g/mol. The molecule has 2 unspecified atom stereocenters. The first-order valence-corrected chi connectivity index (χ1v) is 5.14. The van der Waals surface area contributed by atoms with E-state index in [4.69, 9.17) is 5.73 Å². The predicted molar refractivity (Wildman–Crippen MR) is 55.6 cm³/mol. The van der Waals surface area contributed by atoms with Crippen molar-refractivity contribution < 1.29 is 8.78 Å². The summed E-state index contributed by atoms with van der Waals surface area (Å²) >= 11 is 0. The fourth-order valence-electron chi connectivity index (χ4n) is 1.98. The van der Waals surface area contributed by atoms with Crippen molar-refractivity contribution >= 4 is 5.69 Å². The molecule has 0 aromatic heterocycles. The summed E-state index contributed by atoms with van der Waals surface area (Å²) in [6, 6.07) is 3.49. The highest BCUT2D eigenvalue weighted by molar-refractivity contribution is 5.46. The molecule has 0 radical (unpaired) electrons. The van der Waals surface area contributed by atoms with Crippen molar-refractivity contribution in [2.75, 3.05) is 5.32 Å². The molecule has 4 heteroatoms. The Morgan fingerprint density at radius 3 is 2.73 bits per heavy atom. The van der Waals surface area contributed by atoms with E-state index in [0.717, 1.165) is 31.4 Å². The lowest BCUT2D eigenvalue weighted by Gasteiger charge is -2.18. The van der Waals surface area contributed by atoms with E-state index in [1.165, 1.54) is 6.07 Å². The molecule has 0 saturated heterocycles. The zero-order valence-corrected chi connectivity index (χ0v) is 8.34. The summed E-state index contributed by atoms with van der Waals surface area (Å²) in [7, 11) is 0. The van der Waals surface area contributed by atoms with Crippen LogP contribution in [0.25, 0.3) is 0 Å². The van der Waals surface area contributed by atoms with E-state index < -0.39 is 11.6 Å². The lowest BCUT2D eigenvalue weighted by atomic mass is 10.1. The second-order valence-corrected chi connectivity index (χ2v) is 3.97. The quantitative estimate of drug-likeness (QED) is 0.789. The summed E-state index contributed by atoms with van der Waals surface area (Å²) in [5.41, 5.74) is 6.04. The van der Waals surface area contributed by atoms with E-state index in [2.05, 4.69) is 5.32 Å². The molecule has 82 valence electrons.